The van der Waals surface area contributed by atoms with Crippen LogP contribution in [-0.4, -0.2) is 57.5 Å². The van der Waals surface area contributed by atoms with Crippen molar-refractivity contribution in [2.24, 2.45) is 7.05 Å². The molecule has 0 radical (unpaired) electrons. The Morgan fingerprint density at radius 3 is 2.68 bits per heavy atom. The van der Waals surface area contributed by atoms with E-state index < -0.39 is 12.0 Å². The number of hydrogen-bond acceptors (Lipinski definition) is 4. The molecule has 1 aliphatic rings. The molecule has 2 heterocycles. The van der Waals surface area contributed by atoms with E-state index in [-0.39, 0.29) is 12.0 Å². The first kappa shape index (κ1) is 13.5. The number of aliphatic carboxylic acids is 1. The van der Waals surface area contributed by atoms with Gasteiger partial charge in [-0.3, -0.25) is 9.48 Å². The summed E-state index contributed by atoms with van der Waals surface area (Å²) in [5.41, 5.74) is 1.03. The molecule has 0 aliphatic carbocycles. The number of hydrogen-bond donors (Lipinski definition) is 1. The number of carbonyl (C=O) groups is 2. The topological polar surface area (TPSA) is 84.7 Å². The van der Waals surface area contributed by atoms with Gasteiger partial charge in [-0.2, -0.15) is 5.10 Å². The summed E-state index contributed by atoms with van der Waals surface area (Å²) in [5, 5.41) is 13.3. The molecule has 1 aromatic rings. The van der Waals surface area contributed by atoms with Crippen molar-refractivity contribution >= 4 is 11.9 Å². The number of ether oxygens (including phenoxy) is 1. The Balaban J connectivity index is 2.26. The Hall–Kier alpha value is -1.89. The fourth-order valence-electron chi connectivity index (χ4n) is 2.39. The van der Waals surface area contributed by atoms with Gasteiger partial charge in [0.2, 0.25) is 0 Å². The summed E-state index contributed by atoms with van der Waals surface area (Å²) in [6, 6.07) is -0.836. The van der Waals surface area contributed by atoms with Crippen LogP contribution in [0.3, 0.4) is 0 Å². The van der Waals surface area contributed by atoms with Crippen molar-refractivity contribution in [1.29, 1.82) is 0 Å². The van der Waals surface area contributed by atoms with Crippen molar-refractivity contribution in [3.05, 3.63) is 17.5 Å². The maximum absolute atomic E-state index is 12.4. The molecular formula is C12H17N3O4. The average molecular weight is 267 g/mol. The van der Waals surface area contributed by atoms with Crippen LogP contribution in [0.15, 0.2) is 6.20 Å². The van der Waals surface area contributed by atoms with Gasteiger partial charge in [0.25, 0.3) is 5.91 Å². The van der Waals surface area contributed by atoms with E-state index in [0.717, 1.165) is 0 Å². The van der Waals surface area contributed by atoms with Crippen molar-refractivity contribution in [3.63, 3.8) is 0 Å². The summed E-state index contributed by atoms with van der Waals surface area (Å²) < 4.78 is 6.71. The van der Waals surface area contributed by atoms with Gasteiger partial charge in [0.05, 0.1) is 17.4 Å². The van der Waals surface area contributed by atoms with Crippen LogP contribution in [0, 0.1) is 6.92 Å². The van der Waals surface area contributed by atoms with E-state index in [0.29, 0.717) is 24.2 Å². The van der Waals surface area contributed by atoms with Gasteiger partial charge in [-0.1, -0.05) is 0 Å². The van der Waals surface area contributed by atoms with Crippen LogP contribution in [0.2, 0.25) is 0 Å². The molecule has 0 bridgehead atoms. The van der Waals surface area contributed by atoms with Crippen LogP contribution in [0.1, 0.15) is 22.5 Å². The third kappa shape index (κ3) is 2.46. The van der Waals surface area contributed by atoms with Crippen LogP contribution in [0.4, 0.5) is 0 Å². The number of likely N-dealkylation sites (tertiary alicyclic amines) is 1. The van der Waals surface area contributed by atoms with E-state index >= 15 is 0 Å². The molecule has 19 heavy (non-hydrogen) atoms. The fraction of sp³-hybridized carbons (Fsp3) is 0.583. The van der Waals surface area contributed by atoms with Gasteiger partial charge in [-0.05, 0) is 6.92 Å². The summed E-state index contributed by atoms with van der Waals surface area (Å²) in [6.07, 6.45) is 1.69. The lowest BCUT2D eigenvalue weighted by Gasteiger charge is -2.20. The molecule has 1 N–H and O–H groups in total. The first-order valence-electron chi connectivity index (χ1n) is 6.00. The zero-order chi connectivity index (χ0) is 14.2. The molecule has 1 aliphatic heterocycles. The molecule has 1 fully saturated rings. The van der Waals surface area contributed by atoms with E-state index in [9.17, 15) is 14.7 Å². The highest BCUT2D eigenvalue weighted by Gasteiger charge is 2.40. The van der Waals surface area contributed by atoms with Gasteiger partial charge in [0, 0.05) is 33.3 Å². The highest BCUT2D eigenvalue weighted by atomic mass is 16.5. The molecule has 104 valence electrons. The van der Waals surface area contributed by atoms with Crippen LogP contribution < -0.4 is 0 Å². The molecule has 2 rings (SSSR count). The largest absolute Gasteiger partial charge is 0.480 e. The Morgan fingerprint density at radius 2 is 2.21 bits per heavy atom. The number of aromatic nitrogens is 2. The van der Waals surface area contributed by atoms with Crippen LogP contribution in [-0.2, 0) is 16.6 Å². The van der Waals surface area contributed by atoms with Crippen LogP contribution in [0.5, 0.6) is 0 Å². The predicted molar refractivity (Wildman–Crippen MR) is 65.8 cm³/mol. The zero-order valence-corrected chi connectivity index (χ0v) is 11.2. The van der Waals surface area contributed by atoms with Crippen molar-refractivity contribution in [1.82, 2.24) is 14.7 Å². The number of methoxy groups -OCH3 is 1. The molecule has 1 aromatic heterocycles. The van der Waals surface area contributed by atoms with Gasteiger partial charge in [-0.25, -0.2) is 4.79 Å². The number of amides is 1. The van der Waals surface area contributed by atoms with E-state index in [1.54, 1.807) is 24.9 Å². The lowest BCUT2D eigenvalue weighted by molar-refractivity contribution is -0.141. The third-order valence-electron chi connectivity index (χ3n) is 3.39. The Morgan fingerprint density at radius 1 is 1.53 bits per heavy atom. The molecule has 1 saturated heterocycles. The van der Waals surface area contributed by atoms with E-state index in [1.165, 1.54) is 12.0 Å². The second kappa shape index (κ2) is 5.00. The maximum Gasteiger partial charge on any atom is 0.326 e. The fourth-order valence-corrected chi connectivity index (χ4v) is 2.39. The van der Waals surface area contributed by atoms with Gasteiger partial charge in [-0.15, -0.1) is 0 Å². The second-order valence-corrected chi connectivity index (χ2v) is 4.71. The number of carboxylic acid groups (broad SMARTS) is 1. The second-order valence-electron chi connectivity index (χ2n) is 4.71. The van der Waals surface area contributed by atoms with Gasteiger partial charge in [0.15, 0.2) is 0 Å². The number of aryl methyl sites for hydroxylation is 2. The summed E-state index contributed by atoms with van der Waals surface area (Å²) in [7, 11) is 3.24. The molecule has 0 saturated carbocycles. The lowest BCUT2D eigenvalue weighted by atomic mass is 10.2. The van der Waals surface area contributed by atoms with Crippen molar-refractivity contribution < 1.29 is 19.4 Å². The van der Waals surface area contributed by atoms with Crippen LogP contribution in [0.25, 0.3) is 0 Å². The number of nitrogens with zero attached hydrogens (tertiary/aromatic N) is 3. The highest BCUT2D eigenvalue weighted by molar-refractivity contribution is 5.97. The monoisotopic (exact) mass is 267 g/mol. The minimum atomic E-state index is -1.01. The first-order chi connectivity index (χ1) is 8.93. The zero-order valence-electron chi connectivity index (χ0n) is 11.2. The number of rotatable bonds is 3. The SMILES string of the molecule is COC1CC(C(=O)O)N(C(=O)c2cn(C)nc2C)C1. The predicted octanol–water partition coefficient (Wildman–Crippen LogP) is 0.0426. The summed E-state index contributed by atoms with van der Waals surface area (Å²) in [4.78, 5) is 25.0. The summed E-state index contributed by atoms with van der Waals surface area (Å²) in [6.45, 7) is 2.02. The van der Waals surface area contributed by atoms with Gasteiger partial charge >= 0.3 is 5.97 Å². The Kier molecular flexibility index (Phi) is 3.57. The third-order valence-corrected chi connectivity index (χ3v) is 3.39. The highest BCUT2D eigenvalue weighted by Crippen LogP contribution is 2.23. The van der Waals surface area contributed by atoms with Crippen LogP contribution >= 0.6 is 0 Å². The van der Waals surface area contributed by atoms with Crippen molar-refractivity contribution in [3.8, 4) is 0 Å². The number of carbonyl (C=O) groups excluding carboxylic acids is 1. The standard InChI is InChI=1S/C12H17N3O4/c1-7-9(6-14(2)13-7)11(16)15-5-8(19-3)4-10(15)12(17)18/h6,8,10H,4-5H2,1-3H3,(H,17,18). The molecular weight excluding hydrogens is 250 g/mol. The maximum atomic E-state index is 12.4. The molecule has 1 amide bonds. The van der Waals surface area contributed by atoms with Gasteiger partial charge in [0.1, 0.15) is 6.04 Å². The minimum Gasteiger partial charge on any atom is -0.480 e. The Bertz CT molecular complexity index is 511. The summed E-state index contributed by atoms with van der Waals surface area (Å²) in [5.74, 6) is -1.31. The molecule has 0 spiro atoms. The molecule has 7 nitrogen and oxygen atoms in total. The molecule has 7 heteroatoms. The van der Waals surface area contributed by atoms with Gasteiger partial charge < -0.3 is 14.7 Å². The quantitative estimate of drug-likeness (QED) is 0.836. The van der Waals surface area contributed by atoms with Crippen molar-refractivity contribution in [2.45, 2.75) is 25.5 Å². The normalized spacial score (nSPS) is 22.8. The summed E-state index contributed by atoms with van der Waals surface area (Å²) >= 11 is 0. The lowest BCUT2D eigenvalue weighted by Crippen LogP contribution is -2.40. The van der Waals surface area contributed by atoms with E-state index in [4.69, 9.17) is 4.74 Å². The Labute approximate surface area is 110 Å². The van der Waals surface area contributed by atoms with E-state index in [1.807, 2.05) is 0 Å². The molecule has 2 atom stereocenters. The molecule has 2 unspecified atom stereocenters. The van der Waals surface area contributed by atoms with E-state index in [2.05, 4.69) is 5.10 Å². The molecule has 0 aromatic carbocycles. The van der Waals surface area contributed by atoms with Crippen molar-refractivity contribution in [2.75, 3.05) is 13.7 Å². The first-order valence-corrected chi connectivity index (χ1v) is 6.00. The number of carboxylic acids is 1. The smallest absolute Gasteiger partial charge is 0.326 e. The average Bonchev–Trinajstić information content (AvgIpc) is 2.91. The minimum absolute atomic E-state index is 0.234.